The molecule has 0 saturated carbocycles. The molecule has 1 unspecified atom stereocenters. The van der Waals surface area contributed by atoms with Gasteiger partial charge in [-0.1, -0.05) is 12.1 Å². The van der Waals surface area contributed by atoms with E-state index in [2.05, 4.69) is 10.2 Å². The molecule has 182 valence electrons. The van der Waals surface area contributed by atoms with E-state index in [1.807, 2.05) is 19.5 Å². The minimum Gasteiger partial charge on any atom is -0.507 e. The lowest BCUT2D eigenvalue weighted by Crippen LogP contribution is -2.25. The summed E-state index contributed by atoms with van der Waals surface area (Å²) >= 11 is 1.54. The third-order valence-corrected chi connectivity index (χ3v) is 7.62. The number of aromatic hydroxyl groups is 2. The van der Waals surface area contributed by atoms with E-state index < -0.39 is 11.6 Å². The number of carbonyl (C=O) groups excluding carboxylic acids is 2. The molecule has 0 amide bonds. The monoisotopic (exact) mass is 493 g/mol. The first-order valence-electron chi connectivity index (χ1n) is 11.5. The molecule has 0 aliphatic heterocycles. The maximum Gasteiger partial charge on any atom is 0.202 e. The number of anilines is 1. The SMILES string of the molecule is COc1cccc2c1C(=O)c1c(O)c3c(c(O)c1C2=O)CC(c1csc(NCCN(C)C)n1)CC3. The number of hydrogen-bond donors (Lipinski definition) is 3. The number of benzene rings is 2. The first-order chi connectivity index (χ1) is 16.8. The zero-order chi connectivity index (χ0) is 24.9. The van der Waals surface area contributed by atoms with E-state index in [4.69, 9.17) is 9.72 Å². The molecule has 0 radical (unpaired) electrons. The van der Waals surface area contributed by atoms with Crippen LogP contribution >= 0.6 is 11.3 Å². The summed E-state index contributed by atoms with van der Waals surface area (Å²) in [6.07, 6.45) is 1.60. The molecule has 1 atom stereocenters. The summed E-state index contributed by atoms with van der Waals surface area (Å²) in [5.74, 6) is -1.14. The van der Waals surface area contributed by atoms with E-state index in [-0.39, 0.29) is 45.4 Å². The fourth-order valence-electron chi connectivity index (χ4n) is 5.00. The lowest BCUT2D eigenvalue weighted by molar-refractivity contribution is 0.0971. The van der Waals surface area contributed by atoms with E-state index in [9.17, 15) is 19.8 Å². The van der Waals surface area contributed by atoms with Crippen molar-refractivity contribution in [2.24, 2.45) is 0 Å². The Balaban J connectivity index is 1.49. The Bertz CT molecular complexity index is 1350. The molecule has 2 aliphatic rings. The van der Waals surface area contributed by atoms with Gasteiger partial charge in [0, 0.05) is 41.1 Å². The van der Waals surface area contributed by atoms with Crippen molar-refractivity contribution in [2.45, 2.75) is 25.2 Å². The molecular weight excluding hydrogens is 466 g/mol. The molecule has 35 heavy (non-hydrogen) atoms. The molecule has 0 fully saturated rings. The Morgan fingerprint density at radius 1 is 1.11 bits per heavy atom. The van der Waals surface area contributed by atoms with Gasteiger partial charge in [-0.25, -0.2) is 4.98 Å². The molecule has 2 aliphatic carbocycles. The topological polar surface area (TPSA) is 112 Å². The number of ketones is 2. The second-order valence-electron chi connectivity index (χ2n) is 9.19. The number of phenolic OH excluding ortho intramolecular Hbond substituents is 2. The lowest BCUT2D eigenvalue weighted by atomic mass is 9.75. The number of likely N-dealkylation sites (N-methyl/N-ethyl adjacent to an activating group) is 1. The molecule has 1 heterocycles. The van der Waals surface area contributed by atoms with Crippen LogP contribution < -0.4 is 10.1 Å². The normalized spacial score (nSPS) is 16.6. The highest BCUT2D eigenvalue weighted by Gasteiger charge is 2.40. The number of nitrogens with zero attached hydrogens (tertiary/aromatic N) is 2. The van der Waals surface area contributed by atoms with Crippen molar-refractivity contribution >= 4 is 28.0 Å². The lowest BCUT2D eigenvalue weighted by Gasteiger charge is -2.29. The van der Waals surface area contributed by atoms with E-state index in [1.165, 1.54) is 18.4 Å². The largest absolute Gasteiger partial charge is 0.507 e. The van der Waals surface area contributed by atoms with E-state index >= 15 is 0 Å². The maximum atomic E-state index is 13.4. The summed E-state index contributed by atoms with van der Waals surface area (Å²) in [7, 11) is 5.46. The van der Waals surface area contributed by atoms with Crippen molar-refractivity contribution < 1.29 is 24.5 Å². The zero-order valence-corrected chi connectivity index (χ0v) is 20.7. The third kappa shape index (κ3) is 3.84. The fourth-order valence-corrected chi connectivity index (χ4v) is 5.82. The van der Waals surface area contributed by atoms with Crippen LogP contribution in [0.15, 0.2) is 23.6 Å². The molecule has 3 aromatic rings. The molecule has 0 bridgehead atoms. The Morgan fingerprint density at radius 2 is 1.86 bits per heavy atom. The molecule has 0 saturated heterocycles. The molecular formula is C26H27N3O5S. The van der Waals surface area contributed by atoms with Gasteiger partial charge >= 0.3 is 0 Å². The molecule has 9 heteroatoms. The molecule has 8 nitrogen and oxygen atoms in total. The van der Waals surface area contributed by atoms with Crippen molar-refractivity contribution in [1.29, 1.82) is 0 Å². The van der Waals surface area contributed by atoms with Crippen molar-refractivity contribution in [3.63, 3.8) is 0 Å². The summed E-state index contributed by atoms with van der Waals surface area (Å²) < 4.78 is 5.30. The van der Waals surface area contributed by atoms with Crippen LogP contribution in [0, 0.1) is 0 Å². The van der Waals surface area contributed by atoms with E-state index in [0.717, 1.165) is 23.9 Å². The van der Waals surface area contributed by atoms with Gasteiger partial charge in [-0.05, 0) is 39.4 Å². The number of thiazole rings is 1. The number of nitrogens with one attached hydrogen (secondary N) is 1. The number of ether oxygens (including phenoxy) is 1. The number of carbonyl (C=O) groups is 2. The Hall–Kier alpha value is -3.43. The average Bonchev–Trinajstić information content (AvgIpc) is 3.32. The molecule has 0 spiro atoms. The van der Waals surface area contributed by atoms with Gasteiger partial charge in [-0.3, -0.25) is 9.59 Å². The van der Waals surface area contributed by atoms with Gasteiger partial charge in [-0.15, -0.1) is 11.3 Å². The standard InChI is InChI=1S/C26H27N3O5S/c1-29(2)10-9-27-26-28-17(12-35-26)13-7-8-14-16(11-13)24(32)20-21(22(14)30)25(33)19-15(23(20)31)5-4-6-18(19)34-3/h4-6,12-13,30,32H,7-11H2,1-3H3,(H,27,28). The van der Waals surface area contributed by atoms with Gasteiger partial charge in [0.2, 0.25) is 5.78 Å². The van der Waals surface area contributed by atoms with Gasteiger partial charge in [-0.2, -0.15) is 0 Å². The minimum absolute atomic E-state index is 0.0354. The van der Waals surface area contributed by atoms with Gasteiger partial charge < -0.3 is 25.2 Å². The number of rotatable bonds is 6. The van der Waals surface area contributed by atoms with Gasteiger partial charge in [0.1, 0.15) is 17.2 Å². The summed E-state index contributed by atoms with van der Waals surface area (Å²) in [6, 6.07) is 4.78. The predicted octanol–water partition coefficient (Wildman–Crippen LogP) is 3.58. The van der Waals surface area contributed by atoms with Crippen LogP contribution in [0.4, 0.5) is 5.13 Å². The zero-order valence-electron chi connectivity index (χ0n) is 19.8. The molecule has 3 N–H and O–H groups in total. The quantitative estimate of drug-likeness (QED) is 0.350. The summed E-state index contributed by atoms with van der Waals surface area (Å²) in [5, 5.41) is 28.6. The van der Waals surface area contributed by atoms with Gasteiger partial charge in [0.25, 0.3) is 0 Å². The third-order valence-electron chi connectivity index (χ3n) is 6.80. The summed E-state index contributed by atoms with van der Waals surface area (Å²) in [4.78, 5) is 33.6. The van der Waals surface area contributed by atoms with Gasteiger partial charge in [0.15, 0.2) is 10.9 Å². The predicted molar refractivity (Wildman–Crippen MR) is 134 cm³/mol. The highest BCUT2D eigenvalue weighted by Crippen LogP contribution is 2.48. The van der Waals surface area contributed by atoms with Crippen LogP contribution in [0.2, 0.25) is 0 Å². The number of aromatic nitrogens is 1. The second-order valence-corrected chi connectivity index (χ2v) is 10.1. The Morgan fingerprint density at radius 3 is 2.60 bits per heavy atom. The highest BCUT2D eigenvalue weighted by molar-refractivity contribution is 7.13. The van der Waals surface area contributed by atoms with Crippen LogP contribution in [-0.4, -0.2) is 66.0 Å². The number of hydrogen-bond acceptors (Lipinski definition) is 9. The van der Waals surface area contributed by atoms with Crippen LogP contribution in [-0.2, 0) is 12.8 Å². The van der Waals surface area contributed by atoms with Crippen LogP contribution in [0.25, 0.3) is 0 Å². The number of methoxy groups -OCH3 is 1. The first-order valence-corrected chi connectivity index (χ1v) is 12.4. The molecule has 2 aromatic carbocycles. The minimum atomic E-state index is -0.516. The van der Waals surface area contributed by atoms with E-state index in [0.29, 0.717) is 30.4 Å². The summed E-state index contributed by atoms with van der Waals surface area (Å²) in [6.45, 7) is 1.68. The van der Waals surface area contributed by atoms with Crippen molar-refractivity contribution in [2.75, 3.05) is 39.6 Å². The highest BCUT2D eigenvalue weighted by atomic mass is 32.1. The smallest absolute Gasteiger partial charge is 0.202 e. The van der Waals surface area contributed by atoms with Crippen LogP contribution in [0.1, 0.15) is 61.0 Å². The van der Waals surface area contributed by atoms with Crippen molar-refractivity contribution in [3.05, 3.63) is 62.7 Å². The van der Waals surface area contributed by atoms with Crippen molar-refractivity contribution in [3.8, 4) is 17.2 Å². The van der Waals surface area contributed by atoms with Gasteiger partial charge in [0.05, 0.1) is 29.5 Å². The number of fused-ring (bicyclic) bond motifs is 3. The second kappa shape index (κ2) is 8.98. The van der Waals surface area contributed by atoms with Crippen LogP contribution in [0.5, 0.6) is 17.2 Å². The fraction of sp³-hybridized carbons (Fsp3) is 0.346. The van der Waals surface area contributed by atoms with Crippen LogP contribution in [0.3, 0.4) is 0 Å². The Kier molecular flexibility index (Phi) is 5.98. The summed E-state index contributed by atoms with van der Waals surface area (Å²) in [5.41, 5.74) is 1.97. The number of phenols is 2. The molecule has 1 aromatic heterocycles. The molecule has 5 rings (SSSR count). The Labute approximate surface area is 207 Å². The maximum absolute atomic E-state index is 13.4. The average molecular weight is 494 g/mol. The van der Waals surface area contributed by atoms with E-state index in [1.54, 1.807) is 18.2 Å². The first kappa shape index (κ1) is 23.3. The van der Waals surface area contributed by atoms with Crippen molar-refractivity contribution in [1.82, 2.24) is 9.88 Å².